The Morgan fingerprint density at radius 3 is 2.49 bits per heavy atom. The van der Waals surface area contributed by atoms with E-state index in [0.29, 0.717) is 45.5 Å². The Labute approximate surface area is 247 Å². The highest BCUT2D eigenvalue weighted by atomic mass is 35.5. The normalized spacial score (nSPS) is 11.9. The Morgan fingerprint density at radius 1 is 1.10 bits per heavy atom. The van der Waals surface area contributed by atoms with E-state index >= 15 is 0 Å². The molecule has 4 rings (SSSR count). The van der Waals surface area contributed by atoms with E-state index in [-0.39, 0.29) is 49.7 Å². The highest BCUT2D eigenvalue weighted by Crippen LogP contribution is 2.35. The van der Waals surface area contributed by atoms with Gasteiger partial charge in [0, 0.05) is 50.0 Å². The Balaban J connectivity index is 0.00000110. The molecule has 0 atom stereocenters. The van der Waals surface area contributed by atoms with Crippen LogP contribution in [0, 0.1) is 0 Å². The molecule has 0 radical (unpaired) electrons. The van der Waals surface area contributed by atoms with Crippen molar-refractivity contribution < 1.29 is 32.6 Å². The van der Waals surface area contributed by atoms with Crippen LogP contribution in [0.1, 0.15) is 23.2 Å². The van der Waals surface area contributed by atoms with E-state index < -0.39 is 19.3 Å². The lowest BCUT2D eigenvalue weighted by atomic mass is 10.1. The average molecular weight is 616 g/mol. The fourth-order valence-corrected chi connectivity index (χ4v) is 3.60. The number of carbonyl (C=O) groups excluding carboxylic acids is 2. The van der Waals surface area contributed by atoms with Gasteiger partial charge in [0.05, 0.1) is 28.4 Å². The van der Waals surface area contributed by atoms with Crippen LogP contribution in [0.15, 0.2) is 42.6 Å². The Kier molecular flexibility index (Phi) is 14.3. The first-order chi connectivity index (χ1) is 19.4. The molecule has 0 spiro atoms. The lowest BCUT2D eigenvalue weighted by Gasteiger charge is -2.15. The second kappa shape index (κ2) is 17.4. The molecule has 14 heteroatoms. The van der Waals surface area contributed by atoms with Gasteiger partial charge in [0.25, 0.3) is 5.91 Å². The van der Waals surface area contributed by atoms with Crippen molar-refractivity contribution in [2.24, 2.45) is 5.73 Å². The van der Waals surface area contributed by atoms with Crippen LogP contribution in [0.2, 0.25) is 5.02 Å². The first-order valence-corrected chi connectivity index (χ1v) is 13.0. The van der Waals surface area contributed by atoms with Gasteiger partial charge in [-0.3, -0.25) is 9.78 Å². The first kappa shape index (κ1) is 33.8. The Morgan fingerprint density at radius 2 is 1.85 bits per heavy atom. The predicted octanol–water partition coefficient (Wildman–Crippen LogP) is 5.03. The fraction of sp³-hybridized carbons (Fsp3) is 0.370. The molecule has 3 aromatic rings. The summed E-state index contributed by atoms with van der Waals surface area (Å²) >= 11 is 6.36. The summed E-state index contributed by atoms with van der Waals surface area (Å²) in [4.78, 5) is 29.1. The van der Waals surface area contributed by atoms with Gasteiger partial charge in [-0.25, -0.2) is 13.6 Å². The van der Waals surface area contributed by atoms with E-state index in [4.69, 9.17) is 25.8 Å². The topological polar surface area (TPSA) is 137 Å². The van der Waals surface area contributed by atoms with Gasteiger partial charge in [-0.15, -0.1) is 12.4 Å². The number of fused-ring (bicyclic) bond motifs is 1. The predicted molar refractivity (Wildman–Crippen MR) is 156 cm³/mol. The van der Waals surface area contributed by atoms with Gasteiger partial charge in [-0.2, -0.15) is 0 Å². The third kappa shape index (κ3) is 10.5. The van der Waals surface area contributed by atoms with Crippen LogP contribution in [0.25, 0.3) is 10.9 Å². The molecule has 3 amide bonds. The van der Waals surface area contributed by atoms with Gasteiger partial charge < -0.3 is 35.9 Å². The van der Waals surface area contributed by atoms with Crippen molar-refractivity contribution in [1.82, 2.24) is 15.6 Å². The second-order valence-corrected chi connectivity index (χ2v) is 8.96. The van der Waals surface area contributed by atoms with Crippen LogP contribution in [0.3, 0.4) is 0 Å². The molecule has 5 N–H and O–H groups in total. The molecule has 1 fully saturated rings. The number of hydrogen-bond donors (Lipinski definition) is 4. The zero-order chi connectivity index (χ0) is 28.9. The number of hydrogen-bond acceptors (Lipinski definition) is 7. The lowest BCUT2D eigenvalue weighted by Crippen LogP contribution is -2.30. The first-order valence-electron chi connectivity index (χ1n) is 12.6. The number of carbonyl (C=O) groups is 2. The highest BCUT2D eigenvalue weighted by Gasteiger charge is 2.23. The number of ether oxygens (including phenoxy) is 3. The number of aromatic nitrogens is 1. The summed E-state index contributed by atoms with van der Waals surface area (Å²) in [5.41, 5.74) is 5.85. The molecule has 41 heavy (non-hydrogen) atoms. The van der Waals surface area contributed by atoms with Crippen molar-refractivity contribution in [3.8, 4) is 17.2 Å². The van der Waals surface area contributed by atoms with E-state index in [1.54, 1.807) is 49.7 Å². The van der Waals surface area contributed by atoms with E-state index in [1.807, 2.05) is 0 Å². The zero-order valence-electron chi connectivity index (χ0n) is 22.4. The summed E-state index contributed by atoms with van der Waals surface area (Å²) in [5.74, 6) is 0.652. The molecule has 0 unspecified atom stereocenters. The second-order valence-electron chi connectivity index (χ2n) is 8.55. The van der Waals surface area contributed by atoms with Crippen molar-refractivity contribution in [2.45, 2.75) is 18.9 Å². The summed E-state index contributed by atoms with van der Waals surface area (Å²) in [6.07, 6.45) is 3.53. The highest BCUT2D eigenvalue weighted by molar-refractivity contribution is 6.33. The quantitative estimate of drug-likeness (QED) is 0.210. The van der Waals surface area contributed by atoms with Crippen LogP contribution in [-0.2, 0) is 4.74 Å². The number of urea groups is 1. The van der Waals surface area contributed by atoms with Gasteiger partial charge >= 0.3 is 6.03 Å². The maximum absolute atomic E-state index is 12.7. The lowest BCUT2D eigenvalue weighted by molar-refractivity contribution is 0.0943. The molecule has 0 aliphatic heterocycles. The zero-order valence-corrected chi connectivity index (χ0v) is 24.0. The molecule has 1 aromatic heterocycles. The minimum Gasteiger partial charge on any atom is -0.490 e. The summed E-state index contributed by atoms with van der Waals surface area (Å²) in [6.45, 7) is -0.515. The van der Waals surface area contributed by atoms with Crippen LogP contribution >= 0.6 is 24.0 Å². The molecule has 2 aromatic carbocycles. The maximum Gasteiger partial charge on any atom is 0.319 e. The number of nitrogens with one attached hydrogen (secondary N) is 3. The smallest absolute Gasteiger partial charge is 0.319 e. The van der Waals surface area contributed by atoms with Gasteiger partial charge in [0.1, 0.15) is 37.2 Å². The maximum atomic E-state index is 12.7. The van der Waals surface area contributed by atoms with Crippen LogP contribution < -0.4 is 31.2 Å². The minimum atomic E-state index is -0.692. The Hall–Kier alpha value is -3.45. The third-order valence-corrected chi connectivity index (χ3v) is 5.72. The summed E-state index contributed by atoms with van der Waals surface area (Å²) in [7, 11) is 1.54. The summed E-state index contributed by atoms with van der Waals surface area (Å²) in [6, 6.07) is 9.68. The Bertz CT molecular complexity index is 1300. The number of amides is 3. The van der Waals surface area contributed by atoms with Crippen molar-refractivity contribution in [1.29, 1.82) is 0 Å². The number of nitrogens with two attached hydrogens (primary N) is 1. The number of nitrogens with zero attached hydrogens (tertiary/aromatic N) is 1. The number of anilines is 1. The molecule has 1 aliphatic rings. The van der Waals surface area contributed by atoms with Crippen molar-refractivity contribution >= 4 is 52.5 Å². The SMILES string of the molecule is COCCOc1cc2nccc(Oc3ccc(NC(=O)NC4CC4)c(Cl)c3)c2cc1C(=O)NCCF.Cl.NCCF. The molecular weight excluding hydrogens is 583 g/mol. The van der Waals surface area contributed by atoms with Crippen LogP contribution in [0.5, 0.6) is 17.2 Å². The molecule has 10 nitrogen and oxygen atoms in total. The molecule has 1 heterocycles. The number of methoxy groups -OCH3 is 1. The number of alkyl halides is 2. The number of benzene rings is 2. The minimum absolute atomic E-state index is 0. The number of rotatable bonds is 12. The van der Waals surface area contributed by atoms with Gasteiger partial charge in [-0.1, -0.05) is 11.6 Å². The van der Waals surface area contributed by atoms with Gasteiger partial charge in [0.2, 0.25) is 0 Å². The van der Waals surface area contributed by atoms with Crippen LogP contribution in [-0.4, -0.2) is 69.7 Å². The van der Waals surface area contributed by atoms with E-state index in [9.17, 15) is 18.4 Å². The third-order valence-electron chi connectivity index (χ3n) is 5.41. The summed E-state index contributed by atoms with van der Waals surface area (Å²) in [5, 5.41) is 8.92. The molecular formula is C27H33Cl2F2N5O5. The molecule has 0 saturated heterocycles. The molecule has 1 saturated carbocycles. The van der Waals surface area contributed by atoms with Gasteiger partial charge in [0.15, 0.2) is 0 Å². The van der Waals surface area contributed by atoms with Crippen LogP contribution in [0.4, 0.5) is 19.3 Å². The van der Waals surface area contributed by atoms with E-state index in [0.717, 1.165) is 12.8 Å². The monoisotopic (exact) mass is 615 g/mol. The average Bonchev–Trinajstić information content (AvgIpc) is 3.77. The standard InChI is InChI=1S/C25H26ClFN4O5.C2H6FN.ClH/c1-34-10-11-35-23-14-21-17(13-18(23)24(32)29-9-7-27)22(6-8-28-21)36-16-4-5-20(19(26)12-16)31-25(33)30-15-2-3-15;3-1-2-4;/h4-6,8,12-15H,2-3,7,9-11H2,1H3,(H,29,32)(H2,30,31,33);1-2,4H2;1H. The van der Waals surface area contributed by atoms with Crippen molar-refractivity contribution in [3.63, 3.8) is 0 Å². The summed E-state index contributed by atoms with van der Waals surface area (Å²) < 4.78 is 40.0. The van der Waals surface area contributed by atoms with Crippen molar-refractivity contribution in [3.05, 3.63) is 53.2 Å². The number of halogens is 4. The number of pyridine rings is 1. The van der Waals surface area contributed by atoms with Crippen molar-refractivity contribution in [2.75, 3.05) is 52.1 Å². The van der Waals surface area contributed by atoms with Gasteiger partial charge in [-0.05, 0) is 37.1 Å². The molecule has 1 aliphatic carbocycles. The fourth-order valence-electron chi connectivity index (χ4n) is 3.38. The van der Waals surface area contributed by atoms with E-state index in [1.165, 1.54) is 0 Å². The molecule has 224 valence electrons. The van der Waals surface area contributed by atoms with E-state index in [2.05, 4.69) is 26.7 Å². The largest absolute Gasteiger partial charge is 0.490 e. The molecule has 0 bridgehead atoms.